The Morgan fingerprint density at radius 2 is 1.69 bits per heavy atom. The summed E-state index contributed by atoms with van der Waals surface area (Å²) in [5.74, 6) is 1.19. The number of rotatable bonds is 18. The molecule has 4 rings (SSSR count). The van der Waals surface area contributed by atoms with Crippen molar-refractivity contribution in [2.24, 2.45) is 5.41 Å². The molecule has 0 spiro atoms. The Hall–Kier alpha value is -4.53. The SMILES string of the molecule is CC(C)N(CC[C@H](c1ccccc1)c1cc(CCOC2=CCC(C)(/C=C/NC[C@H](O)c3ccc(O)c(NC=O)c3)C=C2)ccc1O)C(C)C. The van der Waals surface area contributed by atoms with Gasteiger partial charge in [0.05, 0.1) is 18.4 Å². The van der Waals surface area contributed by atoms with E-state index < -0.39 is 6.10 Å². The number of hydrogen-bond acceptors (Lipinski definition) is 7. The maximum absolute atomic E-state index is 11.0. The van der Waals surface area contributed by atoms with Gasteiger partial charge in [-0.1, -0.05) is 67.6 Å². The van der Waals surface area contributed by atoms with Crippen molar-refractivity contribution in [3.8, 4) is 11.5 Å². The van der Waals surface area contributed by atoms with Crippen LogP contribution in [0.1, 0.15) is 81.7 Å². The number of nitrogens with zero attached hydrogens (tertiary/aromatic N) is 1. The van der Waals surface area contributed by atoms with Crippen molar-refractivity contribution in [3.05, 3.63) is 125 Å². The molecule has 0 aliphatic heterocycles. The van der Waals surface area contributed by atoms with E-state index in [2.05, 4.69) is 98.7 Å². The van der Waals surface area contributed by atoms with Crippen molar-refractivity contribution < 1.29 is 24.9 Å². The summed E-state index contributed by atoms with van der Waals surface area (Å²) in [6.45, 7) is 12.8. The molecule has 0 bridgehead atoms. The zero-order chi connectivity index (χ0) is 35.4. The van der Waals surface area contributed by atoms with Gasteiger partial charge in [0.2, 0.25) is 6.41 Å². The normalized spacial score (nSPS) is 17.4. The number of hydrogen-bond donors (Lipinski definition) is 5. The number of nitrogens with one attached hydrogen (secondary N) is 2. The number of phenols is 2. The first-order valence-corrected chi connectivity index (χ1v) is 17.3. The molecule has 8 nitrogen and oxygen atoms in total. The van der Waals surface area contributed by atoms with Crippen molar-refractivity contribution in [1.82, 2.24) is 10.2 Å². The highest BCUT2D eigenvalue weighted by Gasteiger charge is 2.23. The maximum atomic E-state index is 11.0. The Bertz CT molecular complexity index is 1590. The van der Waals surface area contributed by atoms with Crippen LogP contribution in [0.5, 0.6) is 11.5 Å². The summed E-state index contributed by atoms with van der Waals surface area (Å²) in [5, 5.41) is 37.0. The molecule has 0 fully saturated rings. The van der Waals surface area contributed by atoms with E-state index in [9.17, 15) is 20.1 Å². The average Bonchev–Trinajstić information content (AvgIpc) is 3.08. The predicted octanol–water partition coefficient (Wildman–Crippen LogP) is 7.55. The molecule has 3 aromatic rings. The summed E-state index contributed by atoms with van der Waals surface area (Å²) in [6.07, 6.45) is 12.2. The number of phenolic OH excluding ortho intramolecular Hbond substituents is 2. The van der Waals surface area contributed by atoms with Crippen LogP contribution in [0.4, 0.5) is 5.69 Å². The Kier molecular flexibility index (Phi) is 13.5. The third kappa shape index (κ3) is 10.7. The minimum atomic E-state index is -0.818. The molecule has 8 heteroatoms. The lowest BCUT2D eigenvalue weighted by atomic mass is 9.83. The van der Waals surface area contributed by atoms with Crippen LogP contribution in [0.2, 0.25) is 0 Å². The third-order valence-electron chi connectivity index (χ3n) is 9.22. The van der Waals surface area contributed by atoms with Crippen molar-refractivity contribution in [3.63, 3.8) is 0 Å². The first-order valence-electron chi connectivity index (χ1n) is 17.3. The Balaban J connectivity index is 1.30. The van der Waals surface area contributed by atoms with Gasteiger partial charge in [-0.2, -0.15) is 0 Å². The lowest BCUT2D eigenvalue weighted by Crippen LogP contribution is -2.38. The van der Waals surface area contributed by atoms with Gasteiger partial charge in [-0.05, 0) is 100 Å². The molecule has 5 N–H and O–H groups in total. The quantitative estimate of drug-likeness (QED) is 0.0703. The number of benzene rings is 3. The minimum absolute atomic E-state index is 0.0582. The molecule has 1 unspecified atom stereocenters. The summed E-state index contributed by atoms with van der Waals surface area (Å²) in [6, 6.07) is 21.9. The fourth-order valence-corrected chi connectivity index (χ4v) is 6.35. The van der Waals surface area contributed by atoms with Crippen LogP contribution >= 0.6 is 0 Å². The highest BCUT2D eigenvalue weighted by Crippen LogP contribution is 2.36. The smallest absolute Gasteiger partial charge is 0.211 e. The van der Waals surface area contributed by atoms with Crippen LogP contribution < -0.4 is 10.6 Å². The number of aromatic hydroxyl groups is 2. The van der Waals surface area contributed by atoms with Gasteiger partial charge < -0.3 is 30.7 Å². The molecular formula is C41H53N3O5. The molecular weight excluding hydrogens is 614 g/mol. The van der Waals surface area contributed by atoms with Gasteiger partial charge in [0, 0.05) is 41.9 Å². The van der Waals surface area contributed by atoms with E-state index in [4.69, 9.17) is 4.74 Å². The van der Waals surface area contributed by atoms with Crippen LogP contribution in [-0.2, 0) is 16.0 Å². The second-order valence-electron chi connectivity index (χ2n) is 13.6. The Labute approximate surface area is 291 Å². The van der Waals surface area contributed by atoms with Crippen LogP contribution in [0.15, 0.2) is 103 Å². The highest BCUT2D eigenvalue weighted by atomic mass is 16.5. The molecule has 49 heavy (non-hydrogen) atoms. The molecule has 3 atom stereocenters. The monoisotopic (exact) mass is 667 g/mol. The Morgan fingerprint density at radius 3 is 2.37 bits per heavy atom. The number of carbonyl (C=O) groups excluding carboxylic acids is 1. The summed E-state index contributed by atoms with van der Waals surface area (Å²) in [7, 11) is 0. The van der Waals surface area contributed by atoms with Crippen molar-refractivity contribution >= 4 is 12.1 Å². The van der Waals surface area contributed by atoms with Crippen molar-refractivity contribution in [2.75, 3.05) is 25.0 Å². The van der Waals surface area contributed by atoms with Crippen molar-refractivity contribution in [1.29, 1.82) is 0 Å². The van der Waals surface area contributed by atoms with Crippen molar-refractivity contribution in [2.45, 2.75) is 78.0 Å². The molecule has 0 heterocycles. The third-order valence-corrected chi connectivity index (χ3v) is 9.22. The van der Waals surface area contributed by atoms with Crippen LogP contribution in [-0.4, -0.2) is 58.4 Å². The van der Waals surface area contributed by atoms with Gasteiger partial charge in [0.1, 0.15) is 17.3 Å². The zero-order valence-corrected chi connectivity index (χ0v) is 29.5. The molecule has 1 aliphatic carbocycles. The first-order chi connectivity index (χ1) is 23.5. The summed E-state index contributed by atoms with van der Waals surface area (Å²) in [4.78, 5) is 13.2. The fraction of sp³-hybridized carbons (Fsp3) is 0.390. The summed E-state index contributed by atoms with van der Waals surface area (Å²) >= 11 is 0. The largest absolute Gasteiger partial charge is 0.508 e. The molecule has 1 aliphatic rings. The highest BCUT2D eigenvalue weighted by molar-refractivity contribution is 5.75. The molecule has 0 aromatic heterocycles. The number of carbonyl (C=O) groups is 1. The number of anilines is 1. The second-order valence-corrected chi connectivity index (χ2v) is 13.6. The fourth-order valence-electron chi connectivity index (χ4n) is 6.35. The molecule has 0 radical (unpaired) electrons. The number of allylic oxidation sites excluding steroid dienone is 4. The van der Waals surface area contributed by atoms with Gasteiger partial charge >= 0.3 is 0 Å². The molecule has 1 amide bonds. The van der Waals surface area contributed by atoms with Crippen LogP contribution in [0, 0.1) is 5.41 Å². The van der Waals surface area contributed by atoms with E-state index in [-0.39, 0.29) is 29.3 Å². The van der Waals surface area contributed by atoms with Gasteiger partial charge in [0.25, 0.3) is 0 Å². The van der Waals surface area contributed by atoms with E-state index in [0.29, 0.717) is 36.4 Å². The average molecular weight is 668 g/mol. The maximum Gasteiger partial charge on any atom is 0.211 e. The van der Waals surface area contributed by atoms with E-state index in [1.54, 1.807) is 12.1 Å². The number of aliphatic hydroxyl groups is 1. The molecule has 0 saturated heterocycles. The van der Waals surface area contributed by atoms with Crippen LogP contribution in [0.25, 0.3) is 0 Å². The molecule has 262 valence electrons. The lowest BCUT2D eigenvalue weighted by Gasteiger charge is -2.32. The van der Waals surface area contributed by atoms with Gasteiger partial charge in [-0.3, -0.25) is 9.69 Å². The predicted molar refractivity (Wildman–Crippen MR) is 197 cm³/mol. The van der Waals surface area contributed by atoms with Gasteiger partial charge in [-0.25, -0.2) is 0 Å². The van der Waals surface area contributed by atoms with E-state index in [1.165, 1.54) is 11.6 Å². The Morgan fingerprint density at radius 1 is 0.959 bits per heavy atom. The first kappa shape index (κ1) is 37.3. The van der Waals surface area contributed by atoms with Gasteiger partial charge in [0.15, 0.2) is 0 Å². The van der Waals surface area contributed by atoms with E-state index in [0.717, 1.165) is 42.7 Å². The number of ether oxygens (including phenoxy) is 1. The second kappa shape index (κ2) is 17.7. The summed E-state index contributed by atoms with van der Waals surface area (Å²) < 4.78 is 6.16. The standard InChI is InChI=1S/C41H53N3O5/c1-29(2)44(30(3)4)23-17-35(32-9-7-6-8-10-32)36-25-31(11-13-38(36)46)18-24-49-34-15-19-41(5,20-16-34)21-22-42-27-40(48)33-12-14-39(47)37(26-33)43-28-45/h6-16,19,21-22,25-26,28-30,35,40,42,46-48H,17-18,20,23-24,27H2,1-5H3,(H,43,45)/b22-21+/t35-,40+,41?/m1/s1. The van der Waals surface area contributed by atoms with E-state index in [1.807, 2.05) is 30.5 Å². The van der Waals surface area contributed by atoms with Crippen LogP contribution in [0.3, 0.4) is 0 Å². The summed E-state index contributed by atoms with van der Waals surface area (Å²) in [5.41, 5.74) is 3.92. The minimum Gasteiger partial charge on any atom is -0.508 e. The lowest BCUT2D eigenvalue weighted by molar-refractivity contribution is -0.105. The van der Waals surface area contributed by atoms with Gasteiger partial charge in [-0.15, -0.1) is 0 Å². The van der Waals surface area contributed by atoms with E-state index >= 15 is 0 Å². The molecule has 3 aromatic carbocycles. The zero-order valence-electron chi connectivity index (χ0n) is 29.5. The molecule has 0 saturated carbocycles. The topological polar surface area (TPSA) is 114 Å². The number of aliphatic hydroxyl groups excluding tert-OH is 1. The number of amides is 1.